The van der Waals surface area contributed by atoms with E-state index in [-0.39, 0.29) is 5.97 Å². The Morgan fingerprint density at radius 1 is 1.35 bits per heavy atom. The minimum absolute atomic E-state index is 0.302. The summed E-state index contributed by atoms with van der Waals surface area (Å²) in [6.07, 6.45) is 5.76. The highest BCUT2D eigenvalue weighted by Crippen LogP contribution is 2.18. The van der Waals surface area contributed by atoms with Crippen molar-refractivity contribution in [2.45, 2.75) is 59.0 Å². The van der Waals surface area contributed by atoms with Crippen LogP contribution in [0.4, 0.5) is 5.69 Å². The first-order valence-electron chi connectivity index (χ1n) is 8.34. The highest BCUT2D eigenvalue weighted by molar-refractivity contribution is 5.89. The van der Waals surface area contributed by atoms with Crippen LogP contribution in [0, 0.1) is 5.92 Å². The second-order valence-corrected chi connectivity index (χ2v) is 6.62. The van der Waals surface area contributed by atoms with E-state index in [1.165, 1.54) is 0 Å². The van der Waals surface area contributed by atoms with Crippen LogP contribution >= 0.6 is 0 Å². The Hall–Kier alpha value is -1.68. The molecular formula is C19H29NO3. The highest BCUT2D eigenvalue weighted by Gasteiger charge is 2.12. The smallest absolute Gasteiger partial charge is 0.338 e. The summed E-state index contributed by atoms with van der Waals surface area (Å²) in [7, 11) is 0. The fraction of sp³-hybridized carbons (Fsp3) is 0.579. The van der Waals surface area contributed by atoms with E-state index in [1.54, 1.807) is 19.1 Å². The summed E-state index contributed by atoms with van der Waals surface area (Å²) < 4.78 is 4.95. The predicted molar refractivity (Wildman–Crippen MR) is 94.5 cm³/mol. The summed E-state index contributed by atoms with van der Waals surface area (Å²) in [6.45, 7) is 8.06. The Morgan fingerprint density at radius 3 is 2.57 bits per heavy atom. The van der Waals surface area contributed by atoms with Crippen LogP contribution in [-0.2, 0) is 4.74 Å². The molecule has 0 saturated carbocycles. The van der Waals surface area contributed by atoms with Crippen molar-refractivity contribution in [1.82, 2.24) is 0 Å². The van der Waals surface area contributed by atoms with Crippen LogP contribution in [0.15, 0.2) is 29.3 Å². The van der Waals surface area contributed by atoms with Crippen LogP contribution in [0.25, 0.3) is 0 Å². The van der Waals surface area contributed by atoms with E-state index in [0.717, 1.165) is 31.4 Å². The molecule has 0 fully saturated rings. The normalized spacial score (nSPS) is 13.3. The zero-order chi connectivity index (χ0) is 17.3. The van der Waals surface area contributed by atoms with Gasteiger partial charge in [-0.2, -0.15) is 0 Å². The lowest BCUT2D eigenvalue weighted by atomic mass is 9.95. The number of carbonyl (C=O) groups is 1. The van der Waals surface area contributed by atoms with Crippen LogP contribution in [-0.4, -0.2) is 29.5 Å². The number of rotatable bonds is 9. The fourth-order valence-electron chi connectivity index (χ4n) is 2.24. The first-order valence-corrected chi connectivity index (χ1v) is 8.34. The average molecular weight is 319 g/mol. The zero-order valence-electron chi connectivity index (χ0n) is 14.7. The molecule has 0 radical (unpaired) electrons. The minimum Gasteiger partial charge on any atom is -0.462 e. The number of aliphatic hydroxyl groups is 1. The fourth-order valence-corrected chi connectivity index (χ4v) is 2.24. The molecule has 1 aromatic rings. The summed E-state index contributed by atoms with van der Waals surface area (Å²) in [6, 6.07) is 7.11. The van der Waals surface area contributed by atoms with E-state index in [0.29, 0.717) is 18.1 Å². The van der Waals surface area contributed by atoms with Gasteiger partial charge in [-0.15, -0.1) is 0 Å². The molecule has 0 heterocycles. The minimum atomic E-state index is -0.575. The van der Waals surface area contributed by atoms with Gasteiger partial charge in [-0.25, -0.2) is 4.79 Å². The number of carbonyl (C=O) groups excluding carboxylic acids is 1. The van der Waals surface area contributed by atoms with Crippen LogP contribution < -0.4 is 0 Å². The second-order valence-electron chi connectivity index (χ2n) is 6.62. The van der Waals surface area contributed by atoms with Gasteiger partial charge < -0.3 is 9.84 Å². The number of esters is 1. The van der Waals surface area contributed by atoms with Gasteiger partial charge >= 0.3 is 5.97 Å². The molecular weight excluding hydrogens is 290 g/mol. The standard InChI is InChI=1S/C19H29NO3/c1-5-23-18(21)16-8-10-17(11-9-16)20-14-12-15(2)7-6-13-19(3,4)22/h8-11,14-15,22H,5-7,12-13H2,1-4H3. The van der Waals surface area contributed by atoms with Crippen molar-refractivity contribution in [3.8, 4) is 0 Å². The molecule has 0 aromatic heterocycles. The van der Waals surface area contributed by atoms with Crippen LogP contribution in [0.2, 0.25) is 0 Å². The molecule has 0 spiro atoms. The van der Waals surface area contributed by atoms with Crippen molar-refractivity contribution >= 4 is 17.9 Å². The molecule has 0 bridgehead atoms. The Balaban J connectivity index is 2.38. The van der Waals surface area contributed by atoms with Gasteiger partial charge in [-0.1, -0.05) is 19.8 Å². The Labute approximate surface area is 139 Å². The molecule has 0 aliphatic rings. The van der Waals surface area contributed by atoms with Crippen LogP contribution in [0.1, 0.15) is 63.7 Å². The molecule has 1 N–H and O–H groups in total. The third-order valence-corrected chi connectivity index (χ3v) is 3.61. The maximum atomic E-state index is 11.6. The summed E-state index contributed by atoms with van der Waals surface area (Å²) in [5.41, 5.74) is 0.807. The summed E-state index contributed by atoms with van der Waals surface area (Å²) in [5.74, 6) is 0.239. The lowest BCUT2D eigenvalue weighted by Crippen LogP contribution is -2.18. The van der Waals surface area contributed by atoms with Gasteiger partial charge in [0.05, 0.1) is 23.5 Å². The van der Waals surface area contributed by atoms with Crippen molar-refractivity contribution in [3.05, 3.63) is 29.8 Å². The molecule has 4 heteroatoms. The lowest BCUT2D eigenvalue weighted by Gasteiger charge is -2.17. The van der Waals surface area contributed by atoms with Crippen LogP contribution in [0.3, 0.4) is 0 Å². The van der Waals surface area contributed by atoms with Crippen molar-refractivity contribution in [3.63, 3.8) is 0 Å². The molecule has 0 aliphatic heterocycles. The molecule has 4 nitrogen and oxygen atoms in total. The topological polar surface area (TPSA) is 58.9 Å². The molecule has 0 aliphatic carbocycles. The van der Waals surface area contributed by atoms with Crippen molar-refractivity contribution in [1.29, 1.82) is 0 Å². The first kappa shape index (κ1) is 19.4. The lowest BCUT2D eigenvalue weighted by molar-refractivity contribution is 0.0526. The molecule has 1 atom stereocenters. The monoisotopic (exact) mass is 319 g/mol. The van der Waals surface area contributed by atoms with Gasteiger partial charge in [-0.05, 0) is 63.8 Å². The predicted octanol–water partition coefficient (Wildman–Crippen LogP) is 4.53. The molecule has 1 rings (SSSR count). The van der Waals surface area contributed by atoms with E-state index < -0.39 is 5.60 Å². The molecule has 0 saturated heterocycles. The Morgan fingerprint density at radius 2 is 2.00 bits per heavy atom. The van der Waals surface area contributed by atoms with Gasteiger partial charge in [0.1, 0.15) is 0 Å². The number of nitrogens with zero attached hydrogens (tertiary/aromatic N) is 1. The molecule has 23 heavy (non-hydrogen) atoms. The summed E-state index contributed by atoms with van der Waals surface area (Å²) in [4.78, 5) is 16.0. The highest BCUT2D eigenvalue weighted by atomic mass is 16.5. The molecule has 1 unspecified atom stereocenters. The summed E-state index contributed by atoms with van der Waals surface area (Å²) in [5, 5.41) is 9.69. The van der Waals surface area contributed by atoms with E-state index in [2.05, 4.69) is 11.9 Å². The number of benzene rings is 1. The Kier molecular flexibility index (Phi) is 7.96. The zero-order valence-corrected chi connectivity index (χ0v) is 14.7. The number of hydrogen-bond acceptors (Lipinski definition) is 4. The van der Waals surface area contributed by atoms with Crippen molar-refractivity contribution < 1.29 is 14.6 Å². The molecule has 1 aromatic carbocycles. The second kappa shape index (κ2) is 9.46. The summed E-state index contributed by atoms with van der Waals surface area (Å²) >= 11 is 0. The molecule has 128 valence electrons. The first-order chi connectivity index (χ1) is 10.8. The van der Waals surface area contributed by atoms with Crippen LogP contribution in [0.5, 0.6) is 0 Å². The van der Waals surface area contributed by atoms with E-state index >= 15 is 0 Å². The Bertz CT molecular complexity index is 500. The largest absolute Gasteiger partial charge is 0.462 e. The third-order valence-electron chi connectivity index (χ3n) is 3.61. The van der Waals surface area contributed by atoms with Gasteiger partial charge in [0.15, 0.2) is 0 Å². The number of ether oxygens (including phenoxy) is 1. The van der Waals surface area contributed by atoms with E-state index in [1.807, 2.05) is 32.2 Å². The van der Waals surface area contributed by atoms with Gasteiger partial charge in [-0.3, -0.25) is 4.99 Å². The number of hydrogen-bond donors (Lipinski definition) is 1. The molecule has 0 amide bonds. The quantitative estimate of drug-likeness (QED) is 0.537. The maximum absolute atomic E-state index is 11.6. The maximum Gasteiger partial charge on any atom is 0.338 e. The van der Waals surface area contributed by atoms with Crippen molar-refractivity contribution in [2.24, 2.45) is 10.9 Å². The van der Waals surface area contributed by atoms with Gasteiger partial charge in [0, 0.05) is 6.21 Å². The van der Waals surface area contributed by atoms with Gasteiger partial charge in [0.25, 0.3) is 0 Å². The number of aliphatic imine (C=N–C) groups is 1. The van der Waals surface area contributed by atoms with Crippen molar-refractivity contribution in [2.75, 3.05) is 6.61 Å². The SMILES string of the molecule is CCOC(=O)c1ccc(N=CCC(C)CCCC(C)(C)O)cc1. The van der Waals surface area contributed by atoms with E-state index in [9.17, 15) is 9.90 Å². The van der Waals surface area contributed by atoms with Gasteiger partial charge in [0.2, 0.25) is 0 Å². The third kappa shape index (κ3) is 8.50. The average Bonchev–Trinajstić information content (AvgIpc) is 2.47. The van der Waals surface area contributed by atoms with E-state index in [4.69, 9.17) is 4.74 Å².